The van der Waals surface area contributed by atoms with Crippen LogP contribution in [0.25, 0.3) is 0 Å². The van der Waals surface area contributed by atoms with Gasteiger partial charge in [-0.3, -0.25) is 9.59 Å². The zero-order chi connectivity index (χ0) is 17.4. The summed E-state index contributed by atoms with van der Waals surface area (Å²) in [4.78, 5) is 23.5. The number of ether oxygens (including phenoxy) is 1. The fourth-order valence-electron chi connectivity index (χ4n) is 1.95. The minimum Gasteiger partial charge on any atom is -0.461 e. The molecule has 0 atom stereocenters. The number of halogens is 1. The summed E-state index contributed by atoms with van der Waals surface area (Å²) in [7, 11) is 0. The number of hydrogen-bond donors (Lipinski definition) is 1. The number of amides is 1. The molecule has 0 radical (unpaired) electrons. The van der Waals surface area contributed by atoms with Gasteiger partial charge in [0, 0.05) is 17.1 Å². The van der Waals surface area contributed by atoms with Crippen LogP contribution in [0.2, 0.25) is 5.02 Å². The molecule has 0 saturated carbocycles. The second-order valence-electron chi connectivity index (χ2n) is 4.99. The lowest BCUT2D eigenvalue weighted by atomic mass is 10.1. The lowest BCUT2D eigenvalue weighted by Crippen LogP contribution is -2.26. The van der Waals surface area contributed by atoms with Gasteiger partial charge in [0.25, 0.3) is 5.91 Å². The van der Waals surface area contributed by atoms with Gasteiger partial charge in [0.05, 0.1) is 18.1 Å². The zero-order valence-corrected chi connectivity index (χ0v) is 13.5. The van der Waals surface area contributed by atoms with Crippen LogP contribution >= 0.6 is 11.6 Å². The first-order chi connectivity index (χ1) is 11.6. The van der Waals surface area contributed by atoms with Crippen LogP contribution in [0.5, 0.6) is 0 Å². The molecule has 0 bridgehead atoms. The molecule has 0 fully saturated rings. The smallest absolute Gasteiger partial charge is 0.307 e. The predicted octanol–water partition coefficient (Wildman–Crippen LogP) is 3.07. The minimum absolute atomic E-state index is 0.0667. The van der Waals surface area contributed by atoms with Gasteiger partial charge in [-0.05, 0) is 42.0 Å². The largest absolute Gasteiger partial charge is 0.461 e. The molecule has 24 heavy (non-hydrogen) atoms. The van der Waals surface area contributed by atoms with Crippen molar-refractivity contribution < 1.29 is 14.3 Å². The number of benzene rings is 2. The number of carbonyl (C=O) groups is 2. The summed E-state index contributed by atoms with van der Waals surface area (Å²) in [5.41, 5.74) is 1.73. The van der Waals surface area contributed by atoms with E-state index in [0.717, 1.165) is 5.56 Å². The Morgan fingerprint density at radius 1 is 1.17 bits per heavy atom. The van der Waals surface area contributed by atoms with Crippen LogP contribution in [0.3, 0.4) is 0 Å². The molecule has 1 N–H and O–H groups in total. The molecule has 0 saturated heterocycles. The summed E-state index contributed by atoms with van der Waals surface area (Å²) in [5, 5.41) is 12.0. The van der Waals surface area contributed by atoms with Crippen LogP contribution in [0.4, 0.5) is 0 Å². The van der Waals surface area contributed by atoms with Gasteiger partial charge in [-0.15, -0.1) is 0 Å². The number of nitrogens with zero attached hydrogens (tertiary/aromatic N) is 1. The fraction of sp³-hybridized carbons (Fsp3) is 0.167. The van der Waals surface area contributed by atoms with E-state index in [4.69, 9.17) is 21.6 Å². The van der Waals surface area contributed by atoms with Crippen LogP contribution in [0.15, 0.2) is 48.5 Å². The summed E-state index contributed by atoms with van der Waals surface area (Å²) in [6, 6.07) is 15.3. The highest BCUT2D eigenvalue weighted by Crippen LogP contribution is 2.09. The average Bonchev–Trinajstić information content (AvgIpc) is 2.60. The Hall–Kier alpha value is -2.84. The van der Waals surface area contributed by atoms with Gasteiger partial charge >= 0.3 is 5.97 Å². The van der Waals surface area contributed by atoms with E-state index in [-0.39, 0.29) is 25.5 Å². The Morgan fingerprint density at radius 2 is 1.92 bits per heavy atom. The van der Waals surface area contributed by atoms with Gasteiger partial charge in [0.1, 0.15) is 6.61 Å². The predicted molar refractivity (Wildman–Crippen MR) is 89.4 cm³/mol. The number of nitrogens with one attached hydrogen (secondary N) is 1. The molecule has 2 aromatic rings. The maximum absolute atomic E-state index is 11.9. The third-order valence-corrected chi connectivity index (χ3v) is 3.43. The minimum atomic E-state index is -0.422. The maximum Gasteiger partial charge on any atom is 0.307 e. The van der Waals surface area contributed by atoms with Crippen LogP contribution in [-0.2, 0) is 16.1 Å². The summed E-state index contributed by atoms with van der Waals surface area (Å²) in [6.45, 7) is 0.276. The molecule has 0 spiro atoms. The van der Waals surface area contributed by atoms with Crippen LogP contribution in [0, 0.1) is 11.3 Å². The summed E-state index contributed by atoms with van der Waals surface area (Å²) >= 11 is 5.76. The summed E-state index contributed by atoms with van der Waals surface area (Å²) in [6.07, 6.45) is 0.0667. The van der Waals surface area contributed by atoms with Crippen molar-refractivity contribution in [3.05, 3.63) is 70.2 Å². The highest BCUT2D eigenvalue weighted by molar-refractivity contribution is 6.30. The van der Waals surface area contributed by atoms with Crippen molar-refractivity contribution in [1.29, 1.82) is 5.26 Å². The van der Waals surface area contributed by atoms with E-state index in [0.29, 0.717) is 16.1 Å². The van der Waals surface area contributed by atoms with E-state index in [1.54, 1.807) is 48.5 Å². The monoisotopic (exact) mass is 342 g/mol. The van der Waals surface area contributed by atoms with Crippen LogP contribution in [-0.4, -0.2) is 18.4 Å². The Kier molecular flexibility index (Phi) is 6.35. The first-order valence-electron chi connectivity index (χ1n) is 7.27. The van der Waals surface area contributed by atoms with Gasteiger partial charge < -0.3 is 10.1 Å². The van der Waals surface area contributed by atoms with Gasteiger partial charge in [-0.1, -0.05) is 23.7 Å². The Bertz CT molecular complexity index is 767. The molecule has 0 aromatic heterocycles. The fourth-order valence-corrected chi connectivity index (χ4v) is 2.07. The number of rotatable bonds is 6. The second kappa shape index (κ2) is 8.70. The topological polar surface area (TPSA) is 79.2 Å². The van der Waals surface area contributed by atoms with Crippen molar-refractivity contribution in [1.82, 2.24) is 5.32 Å². The van der Waals surface area contributed by atoms with Crippen molar-refractivity contribution in [3.8, 4) is 6.07 Å². The lowest BCUT2D eigenvalue weighted by Gasteiger charge is -2.07. The molecule has 2 aromatic carbocycles. The van der Waals surface area contributed by atoms with E-state index >= 15 is 0 Å². The van der Waals surface area contributed by atoms with E-state index in [2.05, 4.69) is 5.32 Å². The molecule has 0 aliphatic carbocycles. The summed E-state index contributed by atoms with van der Waals surface area (Å²) in [5.74, 6) is -0.699. The number of carbonyl (C=O) groups excluding carboxylic acids is 2. The quantitative estimate of drug-likeness (QED) is 0.818. The molecule has 0 heterocycles. The molecular formula is C18H15ClN2O3. The molecule has 6 heteroatoms. The third kappa shape index (κ3) is 5.41. The normalized spacial score (nSPS) is 9.83. The number of nitriles is 1. The Balaban J connectivity index is 1.72. The number of esters is 1. The SMILES string of the molecule is N#Cc1cccc(COC(=O)CCNC(=O)c2ccc(Cl)cc2)c1. The Morgan fingerprint density at radius 3 is 2.62 bits per heavy atom. The van der Waals surface area contributed by atoms with Crippen molar-refractivity contribution in [2.75, 3.05) is 6.54 Å². The second-order valence-corrected chi connectivity index (χ2v) is 5.42. The molecular weight excluding hydrogens is 328 g/mol. The van der Waals surface area contributed by atoms with Crippen molar-refractivity contribution >= 4 is 23.5 Å². The molecule has 0 aliphatic heterocycles. The standard InChI is InChI=1S/C18H15ClN2O3/c19-16-6-4-15(5-7-16)18(23)21-9-8-17(22)24-12-14-3-1-2-13(10-14)11-20/h1-7,10H,8-9,12H2,(H,21,23). The van der Waals surface area contributed by atoms with E-state index in [1.165, 1.54) is 0 Å². The van der Waals surface area contributed by atoms with Crippen molar-refractivity contribution in [2.45, 2.75) is 13.0 Å². The van der Waals surface area contributed by atoms with Gasteiger partial charge in [-0.25, -0.2) is 0 Å². The summed E-state index contributed by atoms with van der Waals surface area (Å²) < 4.78 is 5.11. The molecule has 5 nitrogen and oxygen atoms in total. The lowest BCUT2D eigenvalue weighted by molar-refractivity contribution is -0.144. The van der Waals surface area contributed by atoms with Crippen molar-refractivity contribution in [2.24, 2.45) is 0 Å². The maximum atomic E-state index is 11.9. The van der Waals surface area contributed by atoms with Crippen molar-refractivity contribution in [3.63, 3.8) is 0 Å². The van der Waals surface area contributed by atoms with E-state index < -0.39 is 5.97 Å². The van der Waals surface area contributed by atoms with Crippen LogP contribution < -0.4 is 5.32 Å². The first kappa shape index (κ1) is 17.5. The molecule has 122 valence electrons. The molecule has 0 unspecified atom stereocenters. The van der Waals surface area contributed by atoms with E-state index in [9.17, 15) is 9.59 Å². The van der Waals surface area contributed by atoms with Gasteiger partial charge in [0.2, 0.25) is 0 Å². The van der Waals surface area contributed by atoms with E-state index in [1.807, 2.05) is 6.07 Å². The molecule has 2 rings (SSSR count). The van der Waals surface area contributed by atoms with Gasteiger partial charge in [0.15, 0.2) is 0 Å². The highest BCUT2D eigenvalue weighted by Gasteiger charge is 2.08. The highest BCUT2D eigenvalue weighted by atomic mass is 35.5. The zero-order valence-electron chi connectivity index (χ0n) is 12.8. The third-order valence-electron chi connectivity index (χ3n) is 3.18. The average molecular weight is 343 g/mol. The van der Waals surface area contributed by atoms with Crippen LogP contribution in [0.1, 0.15) is 27.9 Å². The number of hydrogen-bond acceptors (Lipinski definition) is 4. The molecule has 1 amide bonds. The van der Waals surface area contributed by atoms with Gasteiger partial charge in [-0.2, -0.15) is 5.26 Å². The first-order valence-corrected chi connectivity index (χ1v) is 7.64. The Labute approximate surface area is 144 Å². The molecule has 0 aliphatic rings.